The number of benzene rings is 4. The molecular formula is C47H39ClN4O6S. The van der Waals surface area contributed by atoms with Crippen LogP contribution in [0.25, 0.3) is 20.7 Å². The molecular weight excluding hydrogens is 784 g/mol. The first-order chi connectivity index (χ1) is 28.4. The minimum atomic E-state index is -1.37. The molecule has 10 nitrogen and oxygen atoms in total. The topological polar surface area (TPSA) is 122 Å². The molecule has 0 spiro atoms. The van der Waals surface area contributed by atoms with E-state index < -0.39 is 46.8 Å². The quantitative estimate of drug-likeness (QED) is 0.126. The van der Waals surface area contributed by atoms with Crippen molar-refractivity contribution in [2.45, 2.75) is 39.2 Å². The largest absolute Gasteiger partial charge is 0.508 e. The van der Waals surface area contributed by atoms with Gasteiger partial charge >= 0.3 is 0 Å². The van der Waals surface area contributed by atoms with Crippen molar-refractivity contribution in [1.29, 1.82) is 0 Å². The summed E-state index contributed by atoms with van der Waals surface area (Å²) in [6.07, 6.45) is 2.45. The van der Waals surface area contributed by atoms with E-state index in [-0.39, 0.29) is 37.0 Å². The third kappa shape index (κ3) is 5.62. The highest BCUT2D eigenvalue weighted by Crippen LogP contribution is 2.64. The molecule has 3 fully saturated rings. The molecule has 4 aliphatic rings. The molecule has 1 saturated carbocycles. The number of fused-ring (bicyclic) bond motifs is 5. The van der Waals surface area contributed by atoms with E-state index in [1.165, 1.54) is 9.80 Å². The van der Waals surface area contributed by atoms with Gasteiger partial charge in [-0.25, -0.2) is 4.90 Å². The Balaban J connectivity index is 1.07. The minimum absolute atomic E-state index is 0.0918. The van der Waals surface area contributed by atoms with Crippen molar-refractivity contribution in [2.75, 3.05) is 9.80 Å². The molecule has 296 valence electrons. The molecule has 4 aromatic carbocycles. The van der Waals surface area contributed by atoms with Crippen LogP contribution in [0.15, 0.2) is 115 Å². The number of hydrogen-bond donors (Lipinski definition) is 1. The molecule has 0 radical (unpaired) electrons. The van der Waals surface area contributed by atoms with Gasteiger partial charge in [-0.05, 0) is 85.5 Å². The van der Waals surface area contributed by atoms with E-state index >= 15 is 9.59 Å². The highest BCUT2D eigenvalue weighted by Gasteiger charge is 2.68. The van der Waals surface area contributed by atoms with E-state index in [1.54, 1.807) is 78.5 Å². The normalized spacial score (nSPS) is 25.0. The number of carbonyl (C=O) groups excluding carboxylic acids is 4. The molecule has 2 aliphatic carbocycles. The highest BCUT2D eigenvalue weighted by atomic mass is 35.5. The number of hydrogen-bond acceptors (Lipinski definition) is 8. The van der Waals surface area contributed by atoms with Crippen LogP contribution in [0.5, 0.6) is 11.5 Å². The summed E-state index contributed by atoms with van der Waals surface area (Å²) in [4.78, 5) is 62.2. The SMILES string of the molecule is Cc1c(-c2cc(N3C(=O)[C@@H]4C[C@@H]5C(=CC[C@@H]6C(=O)N(c7ccccc7)C(=O)[C@@H]65)[C@H](c5ccc(OCc6ccccc6)cc5O)[C@]4(C)C3=O)n(C)n2)sc2ccc(Cl)cc12. The average molecular weight is 823 g/mol. The number of carbonyl (C=O) groups is 4. The monoisotopic (exact) mass is 822 g/mol. The summed E-state index contributed by atoms with van der Waals surface area (Å²) in [6, 6.07) is 31.2. The van der Waals surface area contributed by atoms with E-state index in [0.29, 0.717) is 33.5 Å². The molecule has 2 saturated heterocycles. The average Bonchev–Trinajstić information content (AvgIpc) is 3.91. The van der Waals surface area contributed by atoms with Crippen molar-refractivity contribution in [2.24, 2.45) is 36.1 Å². The Labute approximate surface area is 349 Å². The van der Waals surface area contributed by atoms with Crippen LogP contribution in [0, 0.1) is 36.0 Å². The van der Waals surface area contributed by atoms with Crippen LogP contribution in [0.2, 0.25) is 5.02 Å². The van der Waals surface area contributed by atoms with Crippen LogP contribution in [0.4, 0.5) is 11.5 Å². The number of phenols is 1. The third-order valence-electron chi connectivity index (χ3n) is 13.1. The fourth-order valence-electron chi connectivity index (χ4n) is 10.2. The summed E-state index contributed by atoms with van der Waals surface area (Å²) in [5.74, 6) is -4.32. The van der Waals surface area contributed by atoms with E-state index in [4.69, 9.17) is 21.4 Å². The van der Waals surface area contributed by atoms with Gasteiger partial charge in [0.1, 0.15) is 29.6 Å². The summed E-state index contributed by atoms with van der Waals surface area (Å²) in [5, 5.41) is 18.3. The van der Waals surface area contributed by atoms with E-state index in [1.807, 2.05) is 67.6 Å². The first kappa shape index (κ1) is 37.2. The number of halogens is 1. The summed E-state index contributed by atoms with van der Waals surface area (Å²) < 4.78 is 8.67. The minimum Gasteiger partial charge on any atom is -0.508 e. The van der Waals surface area contributed by atoms with Crippen molar-refractivity contribution < 1.29 is 29.0 Å². The number of nitrogens with zero attached hydrogens (tertiary/aromatic N) is 4. The molecule has 2 aromatic heterocycles. The molecule has 4 amide bonds. The number of allylic oxidation sites excluding steroid dienone is 2. The van der Waals surface area contributed by atoms with E-state index in [9.17, 15) is 14.7 Å². The summed E-state index contributed by atoms with van der Waals surface area (Å²) in [7, 11) is 1.72. The number of phenolic OH excluding ortho intramolecular Hbond substituents is 1. The van der Waals surface area contributed by atoms with E-state index in [0.717, 1.165) is 31.7 Å². The molecule has 6 aromatic rings. The second kappa shape index (κ2) is 13.8. The van der Waals surface area contributed by atoms with Crippen molar-refractivity contribution in [3.63, 3.8) is 0 Å². The summed E-state index contributed by atoms with van der Waals surface area (Å²) >= 11 is 7.91. The van der Waals surface area contributed by atoms with Gasteiger partial charge in [0.15, 0.2) is 0 Å². The van der Waals surface area contributed by atoms with Gasteiger partial charge in [-0.15, -0.1) is 11.3 Å². The Hall–Kier alpha value is -6.04. The van der Waals surface area contributed by atoms with Crippen LogP contribution in [-0.2, 0) is 32.8 Å². The Morgan fingerprint density at radius 1 is 0.881 bits per heavy atom. The number of thiophene rings is 1. The second-order valence-electron chi connectivity index (χ2n) is 16.2. The van der Waals surface area contributed by atoms with Gasteiger partial charge in [0.25, 0.3) is 0 Å². The van der Waals surface area contributed by atoms with Gasteiger partial charge in [0.05, 0.1) is 33.7 Å². The van der Waals surface area contributed by atoms with Crippen LogP contribution in [0.1, 0.15) is 42.4 Å². The number of para-hydroxylation sites is 1. The number of aryl methyl sites for hydroxylation is 2. The van der Waals surface area contributed by atoms with Crippen molar-refractivity contribution in [3.05, 3.63) is 136 Å². The molecule has 6 atom stereocenters. The zero-order valence-corrected chi connectivity index (χ0v) is 34.0. The van der Waals surface area contributed by atoms with Crippen molar-refractivity contribution >= 4 is 68.2 Å². The van der Waals surface area contributed by atoms with Crippen LogP contribution >= 0.6 is 22.9 Å². The van der Waals surface area contributed by atoms with Gasteiger partial charge in [-0.2, -0.15) is 5.10 Å². The van der Waals surface area contributed by atoms with Gasteiger partial charge in [-0.3, -0.25) is 28.8 Å². The van der Waals surface area contributed by atoms with Crippen LogP contribution < -0.4 is 14.5 Å². The highest BCUT2D eigenvalue weighted by molar-refractivity contribution is 7.22. The number of imide groups is 2. The molecule has 4 heterocycles. The lowest BCUT2D eigenvalue weighted by Gasteiger charge is -2.49. The third-order valence-corrected chi connectivity index (χ3v) is 14.6. The zero-order valence-electron chi connectivity index (χ0n) is 32.5. The summed E-state index contributed by atoms with van der Waals surface area (Å²) in [6.45, 7) is 4.10. The maximum Gasteiger partial charge on any atom is 0.242 e. The van der Waals surface area contributed by atoms with Gasteiger partial charge in [-0.1, -0.05) is 77.8 Å². The number of rotatable bonds is 7. The Morgan fingerprint density at radius 3 is 2.37 bits per heavy atom. The fourth-order valence-corrected chi connectivity index (χ4v) is 11.5. The first-order valence-electron chi connectivity index (χ1n) is 19.7. The molecule has 0 unspecified atom stereocenters. The molecule has 1 N–H and O–H groups in total. The Bertz CT molecular complexity index is 2780. The lowest BCUT2D eigenvalue weighted by molar-refractivity contribution is -0.131. The first-order valence-corrected chi connectivity index (χ1v) is 20.9. The number of aromatic hydroxyl groups is 1. The number of aromatic nitrogens is 2. The predicted molar refractivity (Wildman–Crippen MR) is 226 cm³/mol. The lowest BCUT2D eigenvalue weighted by Crippen LogP contribution is -2.49. The number of anilines is 2. The number of amides is 4. The smallest absolute Gasteiger partial charge is 0.242 e. The Morgan fingerprint density at radius 2 is 1.63 bits per heavy atom. The molecule has 2 aliphatic heterocycles. The van der Waals surface area contributed by atoms with Crippen molar-refractivity contribution in [1.82, 2.24) is 9.78 Å². The van der Waals surface area contributed by atoms with Crippen LogP contribution in [-0.4, -0.2) is 38.5 Å². The maximum absolute atomic E-state index is 15.3. The zero-order chi connectivity index (χ0) is 40.9. The molecule has 12 heteroatoms. The molecule has 59 heavy (non-hydrogen) atoms. The van der Waals surface area contributed by atoms with Gasteiger partial charge in [0, 0.05) is 40.4 Å². The Kier molecular flexibility index (Phi) is 8.70. The maximum atomic E-state index is 15.3. The second-order valence-corrected chi connectivity index (χ2v) is 17.7. The van der Waals surface area contributed by atoms with Gasteiger partial charge < -0.3 is 9.84 Å². The van der Waals surface area contributed by atoms with Gasteiger partial charge in [0.2, 0.25) is 23.6 Å². The van der Waals surface area contributed by atoms with Crippen molar-refractivity contribution in [3.8, 4) is 22.1 Å². The standard InChI is InChI=1S/C47H39ClN4O6S/c1-25-33-20-27(48)14-19-38(33)59-42(25)36-23-39(50(3)49-36)52-44(55)35-22-34-30(17-18-32-40(34)45(56)51(43(32)54)28-12-8-5-9-13-28)41(47(35,2)46(52)57)31-16-15-29(21-37(31)53)58-24-26-10-6-4-7-11-26/h4-17,19-21,23,32,34-35,40-41,53H,18,22,24H2,1-3H3/t32-,34+,35-,40-,41+,47+/m0/s1. The van der Waals surface area contributed by atoms with Crippen LogP contribution in [0.3, 0.4) is 0 Å². The number of ether oxygens (including phenoxy) is 1. The van der Waals surface area contributed by atoms with E-state index in [2.05, 4.69) is 0 Å². The molecule has 0 bridgehead atoms. The fraction of sp³-hybridized carbons (Fsp3) is 0.255. The molecule has 10 rings (SSSR count). The predicted octanol–water partition coefficient (Wildman–Crippen LogP) is 8.98. The lowest BCUT2D eigenvalue weighted by atomic mass is 9.51. The summed E-state index contributed by atoms with van der Waals surface area (Å²) in [5.41, 5.74) is 2.94.